The van der Waals surface area contributed by atoms with Gasteiger partial charge in [0.25, 0.3) is 0 Å². The molecule has 0 radical (unpaired) electrons. The summed E-state index contributed by atoms with van der Waals surface area (Å²) in [5, 5.41) is 14.5. The van der Waals surface area contributed by atoms with Crippen LogP contribution in [-0.2, 0) is 6.54 Å². The van der Waals surface area contributed by atoms with Gasteiger partial charge in [-0.15, -0.1) is 10.2 Å². The molecule has 2 N–H and O–H groups in total. The van der Waals surface area contributed by atoms with E-state index in [1.165, 1.54) is 0 Å². The third-order valence-electron chi connectivity index (χ3n) is 3.47. The van der Waals surface area contributed by atoms with Crippen molar-refractivity contribution in [2.75, 3.05) is 5.32 Å². The van der Waals surface area contributed by atoms with Gasteiger partial charge < -0.3 is 15.1 Å². The Labute approximate surface area is 154 Å². The van der Waals surface area contributed by atoms with Crippen molar-refractivity contribution in [1.29, 1.82) is 0 Å². The van der Waals surface area contributed by atoms with E-state index in [9.17, 15) is 4.79 Å². The first kappa shape index (κ1) is 17.3. The molecule has 0 aliphatic rings. The average Bonchev–Trinajstić information content (AvgIpc) is 3.07. The average molecular weight is 377 g/mol. The highest BCUT2D eigenvalue weighted by atomic mass is 35.5. The van der Waals surface area contributed by atoms with Gasteiger partial charge in [-0.25, -0.2) is 4.79 Å². The van der Waals surface area contributed by atoms with Crippen molar-refractivity contribution < 1.29 is 9.21 Å². The van der Waals surface area contributed by atoms with E-state index in [1.807, 2.05) is 6.92 Å². The van der Waals surface area contributed by atoms with Gasteiger partial charge in [0.15, 0.2) is 0 Å². The fraction of sp³-hybridized carbons (Fsp3) is 0.118. The van der Waals surface area contributed by atoms with Gasteiger partial charge in [0.05, 0.1) is 6.54 Å². The van der Waals surface area contributed by atoms with Crippen molar-refractivity contribution in [3.8, 4) is 11.5 Å². The molecular formula is C17H14Cl2N4O2. The minimum atomic E-state index is -0.392. The summed E-state index contributed by atoms with van der Waals surface area (Å²) >= 11 is 11.9. The number of nitrogens with one attached hydrogen (secondary N) is 2. The van der Waals surface area contributed by atoms with Crippen molar-refractivity contribution in [2.45, 2.75) is 13.5 Å². The van der Waals surface area contributed by atoms with Gasteiger partial charge >= 0.3 is 6.03 Å². The summed E-state index contributed by atoms with van der Waals surface area (Å²) in [5.74, 6) is 0.655. The van der Waals surface area contributed by atoms with Crippen molar-refractivity contribution in [2.24, 2.45) is 0 Å². The maximum Gasteiger partial charge on any atom is 0.319 e. The van der Waals surface area contributed by atoms with Crippen LogP contribution in [0.25, 0.3) is 11.5 Å². The Hall–Kier alpha value is -2.57. The lowest BCUT2D eigenvalue weighted by Gasteiger charge is -2.09. The summed E-state index contributed by atoms with van der Waals surface area (Å²) in [4.78, 5) is 12.0. The Kier molecular flexibility index (Phi) is 5.21. The van der Waals surface area contributed by atoms with Crippen LogP contribution in [0.1, 0.15) is 11.5 Å². The number of halogens is 2. The molecule has 0 aliphatic heterocycles. The van der Waals surface area contributed by atoms with Crippen LogP contribution in [-0.4, -0.2) is 16.2 Å². The number of nitrogens with zero attached hydrogens (tertiary/aromatic N) is 2. The van der Waals surface area contributed by atoms with E-state index in [-0.39, 0.29) is 6.54 Å². The molecule has 2 aromatic carbocycles. The minimum absolute atomic E-state index is 0.103. The normalized spacial score (nSPS) is 10.5. The number of anilines is 1. The van der Waals surface area contributed by atoms with Crippen LogP contribution in [0.2, 0.25) is 10.0 Å². The van der Waals surface area contributed by atoms with Gasteiger partial charge in [0, 0.05) is 21.3 Å². The van der Waals surface area contributed by atoms with Gasteiger partial charge in [0.2, 0.25) is 11.8 Å². The van der Waals surface area contributed by atoms with Gasteiger partial charge in [-0.1, -0.05) is 29.3 Å². The SMILES string of the molecule is Cc1c(Cl)cccc1NC(=O)NCc1nnc(-c2ccc(Cl)cc2)o1. The van der Waals surface area contributed by atoms with Crippen LogP contribution >= 0.6 is 23.2 Å². The van der Waals surface area contributed by atoms with E-state index in [4.69, 9.17) is 27.6 Å². The van der Waals surface area contributed by atoms with E-state index in [2.05, 4.69) is 20.8 Å². The standard InChI is InChI=1S/C17H14Cl2N4O2/c1-10-13(19)3-2-4-14(10)21-17(24)20-9-15-22-23-16(25-15)11-5-7-12(18)8-6-11/h2-8H,9H2,1H3,(H2,20,21,24). The third-order valence-corrected chi connectivity index (χ3v) is 4.14. The largest absolute Gasteiger partial charge is 0.419 e. The summed E-state index contributed by atoms with van der Waals surface area (Å²) in [7, 11) is 0. The summed E-state index contributed by atoms with van der Waals surface area (Å²) in [5.41, 5.74) is 2.18. The molecule has 0 saturated carbocycles. The van der Waals surface area contributed by atoms with E-state index in [0.29, 0.717) is 27.5 Å². The molecule has 25 heavy (non-hydrogen) atoms. The molecular weight excluding hydrogens is 363 g/mol. The van der Waals surface area contributed by atoms with E-state index >= 15 is 0 Å². The summed E-state index contributed by atoms with van der Waals surface area (Å²) in [6.45, 7) is 1.93. The Balaban J connectivity index is 1.59. The Morgan fingerprint density at radius 3 is 2.64 bits per heavy atom. The first-order valence-corrected chi connectivity index (χ1v) is 8.17. The number of urea groups is 1. The summed E-state index contributed by atoms with van der Waals surface area (Å²) in [6, 6.07) is 11.9. The molecule has 1 aromatic heterocycles. The molecule has 8 heteroatoms. The monoisotopic (exact) mass is 376 g/mol. The van der Waals surface area contributed by atoms with Crippen LogP contribution in [0.5, 0.6) is 0 Å². The highest BCUT2D eigenvalue weighted by molar-refractivity contribution is 6.31. The van der Waals surface area contributed by atoms with Crippen molar-refractivity contribution in [1.82, 2.24) is 15.5 Å². The zero-order valence-electron chi connectivity index (χ0n) is 13.2. The van der Waals surface area contributed by atoms with Gasteiger partial charge in [-0.05, 0) is 48.9 Å². The van der Waals surface area contributed by atoms with Crippen LogP contribution in [0.3, 0.4) is 0 Å². The molecule has 0 aliphatic carbocycles. The Bertz CT molecular complexity index is 894. The van der Waals surface area contributed by atoms with Crippen LogP contribution in [0, 0.1) is 6.92 Å². The second-order valence-electron chi connectivity index (χ2n) is 5.23. The Morgan fingerprint density at radius 1 is 1.12 bits per heavy atom. The zero-order chi connectivity index (χ0) is 17.8. The maximum atomic E-state index is 12.0. The summed E-state index contributed by atoms with van der Waals surface area (Å²) in [6.07, 6.45) is 0. The summed E-state index contributed by atoms with van der Waals surface area (Å²) < 4.78 is 5.52. The number of amides is 2. The molecule has 1 heterocycles. The number of benzene rings is 2. The third kappa shape index (κ3) is 4.29. The number of carbonyl (C=O) groups is 1. The zero-order valence-corrected chi connectivity index (χ0v) is 14.7. The fourth-order valence-electron chi connectivity index (χ4n) is 2.10. The highest BCUT2D eigenvalue weighted by Crippen LogP contribution is 2.23. The Morgan fingerprint density at radius 2 is 1.88 bits per heavy atom. The maximum absolute atomic E-state index is 12.0. The lowest BCUT2D eigenvalue weighted by atomic mass is 10.2. The topological polar surface area (TPSA) is 80.0 Å². The molecule has 0 saturated heterocycles. The molecule has 0 bridgehead atoms. The minimum Gasteiger partial charge on any atom is -0.419 e. The smallest absolute Gasteiger partial charge is 0.319 e. The van der Waals surface area contributed by atoms with Crippen LogP contribution < -0.4 is 10.6 Å². The van der Waals surface area contributed by atoms with Gasteiger partial charge in [0.1, 0.15) is 0 Å². The first-order valence-electron chi connectivity index (χ1n) is 7.41. The van der Waals surface area contributed by atoms with E-state index < -0.39 is 6.03 Å². The van der Waals surface area contributed by atoms with Gasteiger partial charge in [-0.2, -0.15) is 0 Å². The quantitative estimate of drug-likeness (QED) is 0.692. The van der Waals surface area contributed by atoms with E-state index in [0.717, 1.165) is 11.1 Å². The molecule has 2 amide bonds. The molecule has 0 unspecified atom stereocenters. The first-order chi connectivity index (χ1) is 12.0. The highest BCUT2D eigenvalue weighted by Gasteiger charge is 2.11. The molecule has 6 nitrogen and oxygen atoms in total. The number of aromatic nitrogens is 2. The molecule has 3 rings (SSSR count). The molecule has 3 aromatic rings. The van der Waals surface area contributed by atoms with Crippen molar-refractivity contribution in [3.63, 3.8) is 0 Å². The molecule has 128 valence electrons. The van der Waals surface area contributed by atoms with Crippen molar-refractivity contribution in [3.05, 3.63) is 64.0 Å². The predicted octanol–water partition coefficient (Wildman–Crippen LogP) is 4.67. The molecule has 0 atom stereocenters. The number of carbonyl (C=O) groups excluding carboxylic acids is 1. The van der Waals surface area contributed by atoms with Gasteiger partial charge in [-0.3, -0.25) is 0 Å². The second kappa shape index (κ2) is 7.55. The number of rotatable bonds is 4. The van der Waals surface area contributed by atoms with Crippen LogP contribution in [0.4, 0.5) is 10.5 Å². The van der Waals surface area contributed by atoms with Crippen LogP contribution in [0.15, 0.2) is 46.9 Å². The number of hydrogen-bond donors (Lipinski definition) is 2. The predicted molar refractivity (Wildman–Crippen MR) is 96.8 cm³/mol. The lowest BCUT2D eigenvalue weighted by Crippen LogP contribution is -2.28. The van der Waals surface area contributed by atoms with E-state index in [1.54, 1.807) is 42.5 Å². The van der Waals surface area contributed by atoms with Crippen molar-refractivity contribution >= 4 is 34.9 Å². The lowest BCUT2D eigenvalue weighted by molar-refractivity contribution is 0.250. The fourth-order valence-corrected chi connectivity index (χ4v) is 2.40. The molecule has 0 fully saturated rings. The number of hydrogen-bond acceptors (Lipinski definition) is 4. The second-order valence-corrected chi connectivity index (χ2v) is 6.07. The molecule has 0 spiro atoms.